The molecule has 0 aromatic carbocycles. The van der Waals surface area contributed by atoms with Gasteiger partial charge in [-0.2, -0.15) is 0 Å². The number of amides is 2. The summed E-state index contributed by atoms with van der Waals surface area (Å²) in [5.74, 6) is -0.443. The molecule has 6 N–H and O–H groups in total. The standard InChI is InChI=1S/C28H54N2O8/c1-2-3-4-5-6-7-8-9-10-11-12-13-14-15-18-29-23(32)16-17-24(33)30-19-20-37-28-27(36)26(35)25(34)22(21-31)38-28/h22,25-28,31,34-36H,2-21H2,1H3,(H,29,32)(H,30,33)/t22-,25-,26+,27-,28-/m1/s1. The SMILES string of the molecule is CCCCCCCCCCCCCCCCNC(=O)CCC(=O)NCCO[C@@H]1O[C@H](CO)[C@@H](O)[C@H](O)[C@H]1O. The summed E-state index contributed by atoms with van der Waals surface area (Å²) in [5.41, 5.74) is 0. The van der Waals surface area contributed by atoms with Gasteiger partial charge >= 0.3 is 0 Å². The Bertz CT molecular complexity index is 607. The Hall–Kier alpha value is -1.30. The summed E-state index contributed by atoms with van der Waals surface area (Å²) in [7, 11) is 0. The number of hydrogen-bond donors (Lipinski definition) is 6. The van der Waals surface area contributed by atoms with E-state index in [9.17, 15) is 30.0 Å². The largest absolute Gasteiger partial charge is 0.394 e. The van der Waals surface area contributed by atoms with Gasteiger partial charge in [0.05, 0.1) is 13.2 Å². The minimum Gasteiger partial charge on any atom is -0.394 e. The summed E-state index contributed by atoms with van der Waals surface area (Å²) < 4.78 is 10.5. The van der Waals surface area contributed by atoms with E-state index in [4.69, 9.17) is 9.47 Å². The Balaban J connectivity index is 1.91. The summed E-state index contributed by atoms with van der Waals surface area (Å²) in [6, 6.07) is 0. The van der Waals surface area contributed by atoms with Crippen LogP contribution >= 0.6 is 0 Å². The monoisotopic (exact) mass is 546 g/mol. The fourth-order valence-corrected chi connectivity index (χ4v) is 4.52. The highest BCUT2D eigenvalue weighted by Gasteiger charge is 2.43. The maximum Gasteiger partial charge on any atom is 0.220 e. The van der Waals surface area contributed by atoms with Crippen molar-refractivity contribution in [3.05, 3.63) is 0 Å². The summed E-state index contributed by atoms with van der Waals surface area (Å²) in [6.07, 6.45) is 11.5. The van der Waals surface area contributed by atoms with Crippen molar-refractivity contribution in [2.75, 3.05) is 26.3 Å². The Labute approximate surface area is 228 Å². The summed E-state index contributed by atoms with van der Waals surface area (Å²) >= 11 is 0. The van der Waals surface area contributed by atoms with E-state index in [-0.39, 0.29) is 37.8 Å². The second-order valence-corrected chi connectivity index (χ2v) is 10.4. The van der Waals surface area contributed by atoms with Crippen LogP contribution in [0.15, 0.2) is 0 Å². The molecule has 0 aromatic heterocycles. The Morgan fingerprint density at radius 2 is 1.16 bits per heavy atom. The predicted molar refractivity (Wildman–Crippen MR) is 145 cm³/mol. The van der Waals surface area contributed by atoms with Crippen molar-refractivity contribution in [2.45, 2.75) is 140 Å². The highest BCUT2D eigenvalue weighted by Crippen LogP contribution is 2.21. The molecule has 0 spiro atoms. The van der Waals surface area contributed by atoms with Crippen LogP contribution < -0.4 is 10.6 Å². The normalized spacial score (nSPS) is 23.3. The third-order valence-electron chi connectivity index (χ3n) is 6.99. The van der Waals surface area contributed by atoms with E-state index in [0.717, 1.165) is 12.8 Å². The molecule has 1 fully saturated rings. The zero-order valence-corrected chi connectivity index (χ0v) is 23.5. The number of ether oxygens (including phenoxy) is 2. The highest BCUT2D eigenvalue weighted by atomic mass is 16.7. The molecule has 1 saturated heterocycles. The maximum absolute atomic E-state index is 11.9. The molecule has 5 atom stereocenters. The van der Waals surface area contributed by atoms with Crippen LogP contribution in [0.25, 0.3) is 0 Å². The fraction of sp³-hybridized carbons (Fsp3) is 0.929. The minimum absolute atomic E-state index is 0.0141. The van der Waals surface area contributed by atoms with E-state index in [0.29, 0.717) is 6.54 Å². The molecular formula is C28H54N2O8. The van der Waals surface area contributed by atoms with Gasteiger partial charge in [0.2, 0.25) is 11.8 Å². The van der Waals surface area contributed by atoms with Crippen LogP contribution in [-0.4, -0.2) is 89.2 Å². The van der Waals surface area contributed by atoms with E-state index in [1.807, 2.05) is 0 Å². The number of carbonyl (C=O) groups excluding carboxylic acids is 2. The number of rotatable bonds is 23. The molecule has 0 aliphatic carbocycles. The first-order chi connectivity index (χ1) is 18.4. The molecule has 0 radical (unpaired) electrons. The van der Waals surface area contributed by atoms with E-state index < -0.39 is 37.3 Å². The second kappa shape index (κ2) is 22.5. The molecule has 1 aliphatic heterocycles. The van der Waals surface area contributed by atoms with Crippen LogP contribution in [0.4, 0.5) is 0 Å². The van der Waals surface area contributed by atoms with Gasteiger partial charge < -0.3 is 40.5 Å². The fourth-order valence-electron chi connectivity index (χ4n) is 4.52. The zero-order valence-electron chi connectivity index (χ0n) is 23.5. The molecule has 1 rings (SSSR count). The molecule has 1 aliphatic rings. The van der Waals surface area contributed by atoms with Crippen LogP contribution in [-0.2, 0) is 19.1 Å². The van der Waals surface area contributed by atoms with Gasteiger partial charge in [-0.15, -0.1) is 0 Å². The molecule has 0 saturated carbocycles. The first-order valence-corrected chi connectivity index (χ1v) is 14.9. The molecule has 0 unspecified atom stereocenters. The van der Waals surface area contributed by atoms with Crippen molar-refractivity contribution in [3.63, 3.8) is 0 Å². The predicted octanol–water partition coefficient (Wildman–Crippen LogP) is 2.30. The Morgan fingerprint density at radius 1 is 0.684 bits per heavy atom. The Kier molecular flexibility index (Phi) is 20.6. The number of carbonyl (C=O) groups is 2. The van der Waals surface area contributed by atoms with Crippen LogP contribution in [0.2, 0.25) is 0 Å². The van der Waals surface area contributed by atoms with Gasteiger partial charge in [0.1, 0.15) is 24.4 Å². The summed E-state index contributed by atoms with van der Waals surface area (Å²) in [5, 5.41) is 44.0. The second-order valence-electron chi connectivity index (χ2n) is 10.4. The molecule has 224 valence electrons. The third kappa shape index (κ3) is 16.0. The summed E-state index contributed by atoms with van der Waals surface area (Å²) in [6.45, 7) is 2.45. The number of nitrogens with one attached hydrogen (secondary N) is 2. The van der Waals surface area contributed by atoms with Crippen molar-refractivity contribution in [2.24, 2.45) is 0 Å². The molecular weight excluding hydrogens is 492 g/mol. The Morgan fingerprint density at radius 3 is 1.66 bits per heavy atom. The topological polar surface area (TPSA) is 158 Å². The van der Waals surface area contributed by atoms with Gasteiger partial charge in [0, 0.05) is 25.9 Å². The lowest BCUT2D eigenvalue weighted by Gasteiger charge is -2.39. The number of hydrogen-bond acceptors (Lipinski definition) is 8. The van der Waals surface area contributed by atoms with E-state index in [1.165, 1.54) is 77.0 Å². The highest BCUT2D eigenvalue weighted by molar-refractivity contribution is 5.83. The number of unbranched alkanes of at least 4 members (excludes halogenated alkanes) is 13. The van der Waals surface area contributed by atoms with Crippen molar-refractivity contribution >= 4 is 11.8 Å². The number of aliphatic hydroxyl groups excluding tert-OH is 4. The smallest absolute Gasteiger partial charge is 0.220 e. The molecule has 0 aromatic rings. The molecule has 2 amide bonds. The first kappa shape index (κ1) is 34.7. The third-order valence-corrected chi connectivity index (χ3v) is 6.99. The van der Waals surface area contributed by atoms with Gasteiger partial charge in [-0.05, 0) is 6.42 Å². The molecule has 38 heavy (non-hydrogen) atoms. The van der Waals surface area contributed by atoms with Crippen molar-refractivity contribution in [1.82, 2.24) is 10.6 Å². The van der Waals surface area contributed by atoms with E-state index in [1.54, 1.807) is 0 Å². The minimum atomic E-state index is -1.51. The van der Waals surface area contributed by atoms with E-state index >= 15 is 0 Å². The first-order valence-electron chi connectivity index (χ1n) is 14.9. The van der Waals surface area contributed by atoms with Crippen molar-refractivity contribution in [3.8, 4) is 0 Å². The average Bonchev–Trinajstić information content (AvgIpc) is 2.91. The van der Waals surface area contributed by atoms with Gasteiger partial charge in [0.15, 0.2) is 6.29 Å². The molecule has 1 heterocycles. The van der Waals surface area contributed by atoms with Crippen molar-refractivity contribution < 1.29 is 39.5 Å². The van der Waals surface area contributed by atoms with Crippen LogP contribution in [0.3, 0.4) is 0 Å². The average molecular weight is 547 g/mol. The zero-order chi connectivity index (χ0) is 28.0. The number of aliphatic hydroxyl groups is 4. The van der Waals surface area contributed by atoms with Crippen LogP contribution in [0.1, 0.15) is 110 Å². The molecule has 10 heteroatoms. The summed E-state index contributed by atoms with van der Waals surface area (Å²) in [4.78, 5) is 23.9. The molecule has 10 nitrogen and oxygen atoms in total. The maximum atomic E-state index is 11.9. The van der Waals surface area contributed by atoms with E-state index in [2.05, 4.69) is 17.6 Å². The van der Waals surface area contributed by atoms with Gasteiger partial charge in [-0.3, -0.25) is 9.59 Å². The quantitative estimate of drug-likeness (QED) is 0.107. The molecule has 0 bridgehead atoms. The lowest BCUT2D eigenvalue weighted by Crippen LogP contribution is -2.59. The van der Waals surface area contributed by atoms with Crippen LogP contribution in [0, 0.1) is 0 Å². The van der Waals surface area contributed by atoms with Gasteiger partial charge in [-0.1, -0.05) is 90.4 Å². The lowest BCUT2D eigenvalue weighted by molar-refractivity contribution is -0.300. The van der Waals surface area contributed by atoms with Gasteiger partial charge in [0.25, 0.3) is 0 Å². The van der Waals surface area contributed by atoms with Crippen molar-refractivity contribution in [1.29, 1.82) is 0 Å². The van der Waals surface area contributed by atoms with Gasteiger partial charge in [-0.25, -0.2) is 0 Å². The van der Waals surface area contributed by atoms with Crippen LogP contribution in [0.5, 0.6) is 0 Å². The lowest BCUT2D eigenvalue weighted by atomic mass is 9.99.